The first-order valence-electron chi connectivity index (χ1n) is 5.46. The van der Waals surface area contributed by atoms with E-state index in [9.17, 15) is 0 Å². The SMILES string of the molecule is Cc1cc(C)c(-c2nc(Br)c(CN)s2)c(C)c1. The van der Waals surface area contributed by atoms with Gasteiger partial charge in [-0.15, -0.1) is 11.3 Å². The highest BCUT2D eigenvalue weighted by molar-refractivity contribution is 9.10. The molecule has 0 amide bonds. The van der Waals surface area contributed by atoms with Crippen LogP contribution in [0.4, 0.5) is 0 Å². The van der Waals surface area contributed by atoms with Crippen LogP contribution in [0.1, 0.15) is 21.6 Å². The van der Waals surface area contributed by atoms with Crippen molar-refractivity contribution in [3.8, 4) is 10.6 Å². The van der Waals surface area contributed by atoms with Crippen molar-refractivity contribution in [2.75, 3.05) is 0 Å². The lowest BCUT2D eigenvalue weighted by Crippen LogP contribution is -1.92. The first kappa shape index (κ1) is 12.7. The zero-order chi connectivity index (χ0) is 12.6. The highest BCUT2D eigenvalue weighted by atomic mass is 79.9. The zero-order valence-corrected chi connectivity index (χ0v) is 12.6. The summed E-state index contributed by atoms with van der Waals surface area (Å²) in [6.07, 6.45) is 0. The third-order valence-corrected chi connectivity index (χ3v) is 4.74. The molecule has 0 saturated heterocycles. The molecule has 90 valence electrons. The van der Waals surface area contributed by atoms with E-state index in [4.69, 9.17) is 5.73 Å². The molecule has 0 bridgehead atoms. The van der Waals surface area contributed by atoms with E-state index in [0.29, 0.717) is 6.54 Å². The molecule has 0 aliphatic carbocycles. The van der Waals surface area contributed by atoms with Crippen molar-refractivity contribution < 1.29 is 0 Å². The molecule has 2 nitrogen and oxygen atoms in total. The van der Waals surface area contributed by atoms with Crippen LogP contribution in [0.25, 0.3) is 10.6 Å². The fourth-order valence-electron chi connectivity index (χ4n) is 2.08. The number of aryl methyl sites for hydroxylation is 3. The highest BCUT2D eigenvalue weighted by Gasteiger charge is 2.13. The molecule has 4 heteroatoms. The monoisotopic (exact) mass is 310 g/mol. The van der Waals surface area contributed by atoms with E-state index in [1.807, 2.05) is 0 Å². The summed E-state index contributed by atoms with van der Waals surface area (Å²) in [5.41, 5.74) is 10.8. The molecule has 0 fully saturated rings. The molecule has 0 unspecified atom stereocenters. The zero-order valence-electron chi connectivity index (χ0n) is 10.2. The molecule has 1 heterocycles. The largest absolute Gasteiger partial charge is 0.326 e. The first-order valence-corrected chi connectivity index (χ1v) is 7.07. The fraction of sp³-hybridized carbons (Fsp3) is 0.308. The first-order chi connectivity index (χ1) is 8.02. The van der Waals surface area contributed by atoms with E-state index >= 15 is 0 Å². The number of rotatable bonds is 2. The van der Waals surface area contributed by atoms with E-state index < -0.39 is 0 Å². The van der Waals surface area contributed by atoms with Crippen LogP contribution in [-0.4, -0.2) is 4.98 Å². The average molecular weight is 311 g/mol. The third kappa shape index (κ3) is 2.44. The van der Waals surface area contributed by atoms with Crippen molar-refractivity contribution >= 4 is 27.3 Å². The van der Waals surface area contributed by atoms with Crippen molar-refractivity contribution in [2.24, 2.45) is 5.73 Å². The third-order valence-electron chi connectivity index (χ3n) is 2.73. The molecule has 1 aromatic carbocycles. The predicted octanol–water partition coefficient (Wildman–Crippen LogP) is 3.96. The quantitative estimate of drug-likeness (QED) is 0.912. The molecule has 17 heavy (non-hydrogen) atoms. The minimum absolute atomic E-state index is 0.530. The Hall–Kier alpha value is -0.710. The van der Waals surface area contributed by atoms with Crippen LogP contribution < -0.4 is 5.73 Å². The average Bonchev–Trinajstić information content (AvgIpc) is 2.57. The summed E-state index contributed by atoms with van der Waals surface area (Å²) in [5.74, 6) is 0. The number of thiazole rings is 1. The Balaban J connectivity index is 2.60. The van der Waals surface area contributed by atoms with Crippen molar-refractivity contribution in [3.05, 3.63) is 38.3 Å². The summed E-state index contributed by atoms with van der Waals surface area (Å²) >= 11 is 5.12. The van der Waals surface area contributed by atoms with Crippen LogP contribution in [0.5, 0.6) is 0 Å². The topological polar surface area (TPSA) is 38.9 Å². The Labute approximate surface area is 114 Å². The summed E-state index contributed by atoms with van der Waals surface area (Å²) in [5, 5.41) is 1.05. The number of nitrogens with zero attached hydrogens (tertiary/aromatic N) is 1. The maximum Gasteiger partial charge on any atom is 0.125 e. The lowest BCUT2D eigenvalue weighted by molar-refractivity contribution is 1.08. The number of nitrogens with two attached hydrogens (primary N) is 1. The second-order valence-electron chi connectivity index (χ2n) is 4.21. The van der Waals surface area contributed by atoms with Crippen molar-refractivity contribution in [1.82, 2.24) is 4.98 Å². The fourth-order valence-corrected chi connectivity index (χ4v) is 3.79. The van der Waals surface area contributed by atoms with Gasteiger partial charge in [0.05, 0.1) is 4.88 Å². The van der Waals surface area contributed by atoms with Crippen LogP contribution in [0.15, 0.2) is 16.7 Å². The van der Waals surface area contributed by atoms with Gasteiger partial charge in [-0.25, -0.2) is 4.98 Å². The van der Waals surface area contributed by atoms with E-state index in [2.05, 4.69) is 53.8 Å². The normalized spacial score (nSPS) is 10.9. The summed E-state index contributed by atoms with van der Waals surface area (Å²) in [4.78, 5) is 5.65. The van der Waals surface area contributed by atoms with Crippen molar-refractivity contribution in [2.45, 2.75) is 27.3 Å². The lowest BCUT2D eigenvalue weighted by Gasteiger charge is -2.08. The van der Waals surface area contributed by atoms with E-state index in [-0.39, 0.29) is 0 Å². The highest BCUT2D eigenvalue weighted by Crippen LogP contribution is 2.35. The minimum Gasteiger partial charge on any atom is -0.326 e. The Morgan fingerprint density at radius 3 is 2.29 bits per heavy atom. The van der Waals surface area contributed by atoms with Gasteiger partial charge in [-0.2, -0.15) is 0 Å². The molecule has 2 aromatic rings. The Kier molecular flexibility index (Phi) is 3.66. The van der Waals surface area contributed by atoms with E-state index in [1.54, 1.807) is 11.3 Å². The molecule has 2 N–H and O–H groups in total. The van der Waals surface area contributed by atoms with Crippen LogP contribution in [-0.2, 0) is 6.54 Å². The van der Waals surface area contributed by atoms with Gasteiger partial charge in [0.1, 0.15) is 9.61 Å². The van der Waals surface area contributed by atoms with Gasteiger partial charge in [0, 0.05) is 12.1 Å². The lowest BCUT2D eigenvalue weighted by atomic mass is 10.0. The summed E-state index contributed by atoms with van der Waals surface area (Å²) < 4.78 is 0.874. The molecule has 2 rings (SSSR count). The number of aromatic nitrogens is 1. The van der Waals surface area contributed by atoms with Gasteiger partial charge in [-0.3, -0.25) is 0 Å². The molecule has 0 saturated carbocycles. The van der Waals surface area contributed by atoms with Crippen molar-refractivity contribution in [1.29, 1.82) is 0 Å². The molecule has 0 aliphatic heterocycles. The van der Waals surface area contributed by atoms with Gasteiger partial charge >= 0.3 is 0 Å². The number of hydrogen-bond donors (Lipinski definition) is 1. The maximum absolute atomic E-state index is 5.68. The maximum atomic E-state index is 5.68. The van der Waals surface area contributed by atoms with Crippen molar-refractivity contribution in [3.63, 3.8) is 0 Å². The van der Waals surface area contributed by atoms with E-state index in [0.717, 1.165) is 14.5 Å². The predicted molar refractivity (Wildman–Crippen MR) is 77.4 cm³/mol. The molecule has 0 spiro atoms. The second kappa shape index (κ2) is 4.88. The van der Waals surface area contributed by atoms with Gasteiger partial charge in [-0.05, 0) is 47.8 Å². The molecule has 0 aliphatic rings. The van der Waals surface area contributed by atoms with Gasteiger partial charge in [0.25, 0.3) is 0 Å². The van der Waals surface area contributed by atoms with Crippen LogP contribution in [0.2, 0.25) is 0 Å². The Bertz CT molecular complexity index is 538. The summed E-state index contributed by atoms with van der Waals surface area (Å²) in [7, 11) is 0. The second-order valence-corrected chi connectivity index (χ2v) is 6.05. The van der Waals surface area contributed by atoms with Crippen LogP contribution in [0.3, 0.4) is 0 Å². The number of hydrogen-bond acceptors (Lipinski definition) is 3. The molecule has 0 atom stereocenters. The molecule has 1 aromatic heterocycles. The molecular weight excluding hydrogens is 296 g/mol. The minimum atomic E-state index is 0.530. The number of halogens is 1. The summed E-state index contributed by atoms with van der Waals surface area (Å²) in [6.45, 7) is 6.91. The van der Waals surface area contributed by atoms with Gasteiger partial charge < -0.3 is 5.73 Å². The van der Waals surface area contributed by atoms with Crippen LogP contribution >= 0.6 is 27.3 Å². The molecular formula is C13H15BrN2S. The van der Waals surface area contributed by atoms with Crippen LogP contribution in [0, 0.1) is 20.8 Å². The Morgan fingerprint density at radius 2 is 1.82 bits per heavy atom. The van der Waals surface area contributed by atoms with Gasteiger partial charge in [0.2, 0.25) is 0 Å². The van der Waals surface area contributed by atoms with Gasteiger partial charge in [0.15, 0.2) is 0 Å². The number of benzene rings is 1. The standard InChI is InChI=1S/C13H15BrN2S/c1-7-4-8(2)11(9(3)5-7)13-16-12(14)10(6-15)17-13/h4-5H,6,15H2,1-3H3. The summed E-state index contributed by atoms with van der Waals surface area (Å²) in [6, 6.07) is 4.39. The van der Waals surface area contributed by atoms with E-state index in [1.165, 1.54) is 22.3 Å². The van der Waals surface area contributed by atoms with Gasteiger partial charge in [-0.1, -0.05) is 17.7 Å². The smallest absolute Gasteiger partial charge is 0.125 e. The Morgan fingerprint density at radius 1 is 1.24 bits per heavy atom. The molecule has 0 radical (unpaired) electrons.